The quantitative estimate of drug-likeness (QED) is 0.704. The van der Waals surface area contributed by atoms with Gasteiger partial charge in [-0.1, -0.05) is 23.2 Å². The Balaban J connectivity index is 2.16. The Kier molecular flexibility index (Phi) is 4.08. The molecular weight excluding hydrogens is 357 g/mol. The minimum atomic E-state index is -0.867. The summed E-state index contributed by atoms with van der Waals surface area (Å²) in [5.74, 6) is -1.47. The number of fused-ring (bicyclic) bond motifs is 1. The lowest BCUT2D eigenvalue weighted by Gasteiger charge is -2.09. The summed E-state index contributed by atoms with van der Waals surface area (Å²) in [5.41, 5.74) is 4.72. The summed E-state index contributed by atoms with van der Waals surface area (Å²) >= 11 is 11.9. The van der Waals surface area contributed by atoms with Gasteiger partial charge in [0.15, 0.2) is 5.49 Å². The smallest absolute Gasteiger partial charge is 0.262 e. The number of halogens is 2. The second-order valence-corrected chi connectivity index (χ2v) is 5.73. The average molecular weight is 366 g/mol. The van der Waals surface area contributed by atoms with Gasteiger partial charge in [-0.25, -0.2) is 0 Å². The van der Waals surface area contributed by atoms with Crippen LogP contribution in [0, 0.1) is 0 Å². The highest BCUT2D eigenvalue weighted by molar-refractivity contribution is 6.36. The molecule has 2 aromatic rings. The number of rotatable bonds is 3. The SMILES string of the molecule is NC(=O)C1=c2c(nc(Nc3ccc(Cl)cc3Cl)[nH]c2=O)=NC(=O)C1. The average Bonchev–Trinajstić information content (AvgIpc) is 2.48. The van der Waals surface area contributed by atoms with Crippen LogP contribution >= 0.6 is 23.2 Å². The van der Waals surface area contributed by atoms with Crippen LogP contribution in [0.2, 0.25) is 10.0 Å². The first-order chi connectivity index (χ1) is 11.3. The van der Waals surface area contributed by atoms with Gasteiger partial charge in [0.2, 0.25) is 11.9 Å². The molecule has 122 valence electrons. The van der Waals surface area contributed by atoms with Crippen molar-refractivity contribution < 1.29 is 9.59 Å². The minimum absolute atomic E-state index is 0.00485. The highest BCUT2D eigenvalue weighted by Gasteiger charge is 2.20. The van der Waals surface area contributed by atoms with Gasteiger partial charge in [0.25, 0.3) is 11.5 Å². The minimum Gasteiger partial charge on any atom is -0.366 e. The van der Waals surface area contributed by atoms with E-state index in [0.29, 0.717) is 15.7 Å². The third-order valence-corrected chi connectivity index (χ3v) is 3.79. The van der Waals surface area contributed by atoms with Crippen molar-refractivity contribution in [2.24, 2.45) is 10.7 Å². The molecule has 0 bridgehead atoms. The number of benzene rings is 1. The molecule has 1 aromatic carbocycles. The van der Waals surface area contributed by atoms with Crippen LogP contribution in [0.15, 0.2) is 28.0 Å². The summed E-state index contributed by atoms with van der Waals surface area (Å²) < 4.78 is 0. The van der Waals surface area contributed by atoms with Crippen molar-refractivity contribution in [1.29, 1.82) is 0 Å². The number of amides is 2. The van der Waals surface area contributed by atoms with E-state index in [4.69, 9.17) is 28.9 Å². The van der Waals surface area contributed by atoms with E-state index >= 15 is 0 Å². The van der Waals surface area contributed by atoms with E-state index in [9.17, 15) is 14.4 Å². The second kappa shape index (κ2) is 6.06. The zero-order chi connectivity index (χ0) is 17.4. The first-order valence-electron chi connectivity index (χ1n) is 6.62. The summed E-state index contributed by atoms with van der Waals surface area (Å²) in [4.78, 5) is 45.5. The number of nitrogens with two attached hydrogens (primary N) is 1. The van der Waals surface area contributed by atoms with Crippen molar-refractivity contribution in [2.45, 2.75) is 6.42 Å². The van der Waals surface area contributed by atoms with Crippen LogP contribution in [0.25, 0.3) is 5.57 Å². The normalized spacial score (nSPS) is 13.2. The number of carbonyl (C=O) groups is 2. The van der Waals surface area contributed by atoms with Gasteiger partial charge in [-0.05, 0) is 18.2 Å². The molecule has 0 spiro atoms. The highest BCUT2D eigenvalue weighted by atomic mass is 35.5. The van der Waals surface area contributed by atoms with Gasteiger partial charge in [-0.3, -0.25) is 19.4 Å². The number of carbonyl (C=O) groups excluding carboxylic acids is 2. The number of nitrogens with zero attached hydrogens (tertiary/aromatic N) is 2. The molecule has 2 amide bonds. The van der Waals surface area contributed by atoms with Gasteiger partial charge >= 0.3 is 0 Å². The number of H-pyrrole nitrogens is 1. The molecule has 3 rings (SSSR count). The first kappa shape index (κ1) is 16.2. The molecule has 0 unspecified atom stereocenters. The molecule has 0 saturated carbocycles. The number of primary amides is 1. The number of aromatic amines is 1. The molecule has 4 N–H and O–H groups in total. The molecule has 0 saturated heterocycles. The Morgan fingerprint density at radius 3 is 2.71 bits per heavy atom. The summed E-state index contributed by atoms with van der Waals surface area (Å²) in [6.45, 7) is 0. The molecule has 1 aliphatic rings. The zero-order valence-corrected chi connectivity index (χ0v) is 13.4. The van der Waals surface area contributed by atoms with E-state index in [1.165, 1.54) is 6.07 Å². The van der Waals surface area contributed by atoms with Crippen LogP contribution in [0.5, 0.6) is 0 Å². The second-order valence-electron chi connectivity index (χ2n) is 4.89. The van der Waals surface area contributed by atoms with Gasteiger partial charge < -0.3 is 11.1 Å². The Bertz CT molecular complexity index is 1060. The fourth-order valence-corrected chi connectivity index (χ4v) is 2.66. The fraction of sp³-hybridized carbons (Fsp3) is 0.0714. The molecule has 1 aromatic heterocycles. The Labute approximate surface area is 144 Å². The van der Waals surface area contributed by atoms with Crippen LogP contribution in [0.3, 0.4) is 0 Å². The maximum atomic E-state index is 12.2. The van der Waals surface area contributed by atoms with Crippen LogP contribution < -0.4 is 27.3 Å². The fourth-order valence-electron chi connectivity index (χ4n) is 2.20. The summed E-state index contributed by atoms with van der Waals surface area (Å²) in [6.07, 6.45) is -0.330. The van der Waals surface area contributed by atoms with Gasteiger partial charge in [-0.15, -0.1) is 0 Å². The Hall–Kier alpha value is -2.71. The Morgan fingerprint density at radius 2 is 2.04 bits per heavy atom. The van der Waals surface area contributed by atoms with E-state index in [2.05, 4.69) is 20.3 Å². The molecular formula is C14H9Cl2N5O3. The molecule has 0 aliphatic carbocycles. The summed E-state index contributed by atoms with van der Waals surface area (Å²) in [5, 5.41) is 3.44. The van der Waals surface area contributed by atoms with Gasteiger partial charge in [-0.2, -0.15) is 9.98 Å². The van der Waals surface area contributed by atoms with Crippen molar-refractivity contribution in [3.05, 3.63) is 49.3 Å². The van der Waals surface area contributed by atoms with Gasteiger partial charge in [0.1, 0.15) is 0 Å². The number of nitrogens with one attached hydrogen (secondary N) is 2. The third kappa shape index (κ3) is 3.01. The molecule has 10 heteroatoms. The lowest BCUT2D eigenvalue weighted by molar-refractivity contribution is -0.119. The number of aromatic nitrogens is 2. The van der Waals surface area contributed by atoms with Crippen molar-refractivity contribution in [2.75, 3.05) is 5.32 Å². The van der Waals surface area contributed by atoms with Crippen LogP contribution in [-0.2, 0) is 9.59 Å². The number of hydrogen-bond acceptors (Lipinski definition) is 5. The van der Waals surface area contributed by atoms with E-state index < -0.39 is 17.4 Å². The third-order valence-electron chi connectivity index (χ3n) is 3.24. The highest BCUT2D eigenvalue weighted by Crippen LogP contribution is 2.26. The van der Waals surface area contributed by atoms with Crippen LogP contribution in [0.4, 0.5) is 11.6 Å². The maximum absolute atomic E-state index is 12.2. The first-order valence-corrected chi connectivity index (χ1v) is 7.37. The number of hydrogen-bond donors (Lipinski definition) is 3. The van der Waals surface area contributed by atoms with Crippen LogP contribution in [-0.4, -0.2) is 21.8 Å². The van der Waals surface area contributed by atoms with Crippen molar-refractivity contribution in [1.82, 2.24) is 9.97 Å². The molecule has 24 heavy (non-hydrogen) atoms. The van der Waals surface area contributed by atoms with Crippen LogP contribution in [0.1, 0.15) is 6.42 Å². The van der Waals surface area contributed by atoms with E-state index in [-0.39, 0.29) is 28.6 Å². The predicted octanol–water partition coefficient (Wildman–Crippen LogP) is 0.00620. The monoisotopic (exact) mass is 365 g/mol. The van der Waals surface area contributed by atoms with Gasteiger partial charge in [0, 0.05) is 10.6 Å². The predicted molar refractivity (Wildman–Crippen MR) is 87.6 cm³/mol. The molecule has 0 atom stereocenters. The molecule has 8 nitrogen and oxygen atoms in total. The number of anilines is 2. The summed E-state index contributed by atoms with van der Waals surface area (Å²) in [7, 11) is 0. The summed E-state index contributed by atoms with van der Waals surface area (Å²) in [6, 6.07) is 4.70. The molecule has 0 fully saturated rings. The lowest BCUT2D eigenvalue weighted by Crippen LogP contribution is -2.49. The van der Waals surface area contributed by atoms with Crippen molar-refractivity contribution >= 4 is 52.2 Å². The molecule has 1 aliphatic heterocycles. The zero-order valence-electron chi connectivity index (χ0n) is 11.9. The lowest BCUT2D eigenvalue weighted by atomic mass is 10.1. The largest absolute Gasteiger partial charge is 0.366 e. The molecule has 2 heterocycles. The van der Waals surface area contributed by atoms with Gasteiger partial charge in [0.05, 0.1) is 22.3 Å². The van der Waals surface area contributed by atoms with Crippen molar-refractivity contribution in [3.63, 3.8) is 0 Å². The van der Waals surface area contributed by atoms with E-state index in [0.717, 1.165) is 0 Å². The standard InChI is InChI=1S/C14H9Cl2N5O3/c15-5-1-2-8(7(16)3-5)18-14-20-12-10(13(24)21-14)6(11(17)23)4-9(22)19-12/h1-3H,4H2,(H2,17,23)(H2,18,19,20,21,22,24). The van der Waals surface area contributed by atoms with E-state index in [1.807, 2.05) is 0 Å². The van der Waals surface area contributed by atoms with E-state index in [1.54, 1.807) is 12.1 Å². The molecule has 0 radical (unpaired) electrons. The topological polar surface area (TPSA) is 130 Å². The van der Waals surface area contributed by atoms with Crippen molar-refractivity contribution in [3.8, 4) is 0 Å². The maximum Gasteiger partial charge on any atom is 0.262 e. The Morgan fingerprint density at radius 1 is 1.29 bits per heavy atom.